The fraction of sp³-hybridized carbons (Fsp3) is 0.286. The van der Waals surface area contributed by atoms with E-state index in [2.05, 4.69) is 15.5 Å². The molecule has 0 aliphatic rings. The van der Waals surface area contributed by atoms with Crippen LogP contribution in [0, 0.1) is 12.7 Å². The van der Waals surface area contributed by atoms with E-state index in [1.807, 2.05) is 49.6 Å². The molecule has 1 aromatic heterocycles. The normalized spacial score (nSPS) is 11.9. The van der Waals surface area contributed by atoms with E-state index in [-0.39, 0.29) is 23.6 Å². The van der Waals surface area contributed by atoms with Crippen LogP contribution in [0.3, 0.4) is 0 Å². The molecule has 0 fully saturated rings. The summed E-state index contributed by atoms with van der Waals surface area (Å²) in [6.45, 7) is 6.58. The molecule has 0 radical (unpaired) electrons. The predicted octanol–water partition coefficient (Wildman–Crippen LogP) is 4.62. The number of halogens is 1. The number of anilines is 1. The minimum Gasteiger partial charge on any atom is -0.482 e. The first-order valence-electron chi connectivity index (χ1n) is 9.31. The highest BCUT2D eigenvalue weighted by Crippen LogP contribution is 2.26. The lowest BCUT2D eigenvalue weighted by molar-refractivity contribution is -0.113. The number of hydrogen-bond donors (Lipinski definition) is 1. The van der Waals surface area contributed by atoms with Gasteiger partial charge in [-0.05, 0) is 56.7 Å². The van der Waals surface area contributed by atoms with E-state index in [0.29, 0.717) is 23.2 Å². The standard InChI is InChI=1S/C21H23FN4O2S/c1-4-26-20(15(3)28-18-8-6-5-7-14(18)2)24-25-21(26)29-13-19(27)23-17-11-9-16(22)10-12-17/h5-12,15H,4,13H2,1-3H3,(H,23,27). The average Bonchev–Trinajstić information content (AvgIpc) is 3.13. The van der Waals surface area contributed by atoms with Gasteiger partial charge in [0.25, 0.3) is 0 Å². The number of hydrogen-bond acceptors (Lipinski definition) is 5. The first-order chi connectivity index (χ1) is 14.0. The van der Waals surface area contributed by atoms with Gasteiger partial charge in [0.15, 0.2) is 17.1 Å². The zero-order valence-electron chi connectivity index (χ0n) is 16.6. The van der Waals surface area contributed by atoms with E-state index in [4.69, 9.17) is 4.74 Å². The molecule has 3 aromatic rings. The Labute approximate surface area is 173 Å². The number of nitrogens with zero attached hydrogens (tertiary/aromatic N) is 3. The van der Waals surface area contributed by atoms with Gasteiger partial charge in [-0.2, -0.15) is 0 Å². The average molecular weight is 415 g/mol. The van der Waals surface area contributed by atoms with Crippen molar-refractivity contribution in [3.63, 3.8) is 0 Å². The molecular formula is C21H23FN4O2S. The number of amides is 1. The number of ether oxygens (including phenoxy) is 1. The van der Waals surface area contributed by atoms with Crippen LogP contribution in [-0.4, -0.2) is 26.4 Å². The zero-order chi connectivity index (χ0) is 20.8. The fourth-order valence-electron chi connectivity index (χ4n) is 2.80. The summed E-state index contributed by atoms with van der Waals surface area (Å²) in [4.78, 5) is 12.2. The van der Waals surface area contributed by atoms with Crippen molar-refractivity contribution in [1.82, 2.24) is 14.8 Å². The minimum atomic E-state index is -0.344. The monoisotopic (exact) mass is 414 g/mol. The number of benzene rings is 2. The van der Waals surface area contributed by atoms with E-state index >= 15 is 0 Å². The Hall–Kier alpha value is -2.87. The van der Waals surface area contributed by atoms with Gasteiger partial charge in [0.2, 0.25) is 5.91 Å². The number of nitrogens with one attached hydrogen (secondary N) is 1. The van der Waals surface area contributed by atoms with Crippen LogP contribution >= 0.6 is 11.8 Å². The number of carbonyl (C=O) groups is 1. The Morgan fingerprint density at radius 3 is 2.62 bits per heavy atom. The molecule has 1 heterocycles. The summed E-state index contributed by atoms with van der Waals surface area (Å²) in [5, 5.41) is 11.9. The van der Waals surface area contributed by atoms with Gasteiger partial charge in [-0.25, -0.2) is 4.39 Å². The maximum absolute atomic E-state index is 13.0. The van der Waals surface area contributed by atoms with Crippen LogP contribution in [0.15, 0.2) is 53.7 Å². The van der Waals surface area contributed by atoms with Crippen LogP contribution < -0.4 is 10.1 Å². The Bertz CT molecular complexity index is 975. The fourth-order valence-corrected chi connectivity index (χ4v) is 3.61. The first-order valence-corrected chi connectivity index (χ1v) is 10.3. The van der Waals surface area contributed by atoms with Crippen LogP contribution in [0.25, 0.3) is 0 Å². The van der Waals surface area contributed by atoms with E-state index < -0.39 is 0 Å². The van der Waals surface area contributed by atoms with E-state index in [9.17, 15) is 9.18 Å². The van der Waals surface area contributed by atoms with Crippen molar-refractivity contribution in [3.05, 3.63) is 65.7 Å². The summed E-state index contributed by atoms with van der Waals surface area (Å²) in [7, 11) is 0. The third kappa shape index (κ3) is 5.35. The first kappa shape index (κ1) is 20.9. The lowest BCUT2D eigenvalue weighted by atomic mass is 10.2. The third-order valence-corrected chi connectivity index (χ3v) is 5.25. The second kappa shape index (κ2) is 9.56. The second-order valence-corrected chi connectivity index (χ2v) is 7.40. The summed E-state index contributed by atoms with van der Waals surface area (Å²) in [5.74, 6) is 1.14. The molecule has 8 heteroatoms. The smallest absolute Gasteiger partial charge is 0.234 e. The highest BCUT2D eigenvalue weighted by Gasteiger charge is 2.20. The number of thioether (sulfide) groups is 1. The molecule has 29 heavy (non-hydrogen) atoms. The van der Waals surface area contributed by atoms with Crippen molar-refractivity contribution in [1.29, 1.82) is 0 Å². The van der Waals surface area contributed by atoms with Crippen LogP contribution in [-0.2, 0) is 11.3 Å². The number of rotatable bonds is 8. The van der Waals surface area contributed by atoms with E-state index in [0.717, 1.165) is 11.3 Å². The highest BCUT2D eigenvalue weighted by atomic mass is 32.2. The quantitative estimate of drug-likeness (QED) is 0.545. The number of aromatic nitrogens is 3. The van der Waals surface area contributed by atoms with E-state index in [1.54, 1.807) is 0 Å². The molecule has 2 aromatic carbocycles. The van der Waals surface area contributed by atoms with Crippen LogP contribution in [0.4, 0.5) is 10.1 Å². The molecule has 3 rings (SSSR count). The molecular weight excluding hydrogens is 391 g/mol. The van der Waals surface area contributed by atoms with Crippen molar-refractivity contribution in [3.8, 4) is 5.75 Å². The highest BCUT2D eigenvalue weighted by molar-refractivity contribution is 7.99. The lowest BCUT2D eigenvalue weighted by Gasteiger charge is -2.17. The van der Waals surface area contributed by atoms with E-state index in [1.165, 1.54) is 36.0 Å². The molecule has 152 valence electrons. The van der Waals surface area contributed by atoms with Crippen molar-refractivity contribution in [2.45, 2.75) is 38.6 Å². The Kier molecular flexibility index (Phi) is 6.87. The Morgan fingerprint density at radius 1 is 1.21 bits per heavy atom. The van der Waals surface area contributed by atoms with Gasteiger partial charge < -0.3 is 14.6 Å². The van der Waals surface area contributed by atoms with Gasteiger partial charge in [-0.15, -0.1) is 10.2 Å². The topological polar surface area (TPSA) is 69.0 Å². The lowest BCUT2D eigenvalue weighted by Crippen LogP contribution is -2.15. The van der Waals surface area contributed by atoms with Crippen molar-refractivity contribution in [2.75, 3.05) is 11.1 Å². The summed E-state index contributed by atoms with van der Waals surface area (Å²) >= 11 is 1.30. The third-order valence-electron chi connectivity index (χ3n) is 4.28. The zero-order valence-corrected chi connectivity index (χ0v) is 17.4. The van der Waals surface area contributed by atoms with Gasteiger partial charge in [0, 0.05) is 12.2 Å². The summed E-state index contributed by atoms with van der Waals surface area (Å²) in [5.41, 5.74) is 1.60. The van der Waals surface area contributed by atoms with Gasteiger partial charge in [-0.1, -0.05) is 30.0 Å². The molecule has 0 bridgehead atoms. The molecule has 1 amide bonds. The van der Waals surface area contributed by atoms with Gasteiger partial charge in [0.1, 0.15) is 11.6 Å². The van der Waals surface area contributed by atoms with Gasteiger partial charge in [0.05, 0.1) is 5.75 Å². The largest absolute Gasteiger partial charge is 0.482 e. The van der Waals surface area contributed by atoms with Crippen LogP contribution in [0.5, 0.6) is 5.75 Å². The number of carbonyl (C=O) groups excluding carboxylic acids is 1. The number of aryl methyl sites for hydroxylation is 1. The summed E-state index contributed by atoms with van der Waals surface area (Å²) in [6.07, 6.45) is -0.286. The molecule has 0 saturated heterocycles. The van der Waals surface area contributed by atoms with Gasteiger partial charge >= 0.3 is 0 Å². The number of para-hydroxylation sites is 1. The SMILES string of the molecule is CCn1c(SCC(=O)Nc2ccc(F)cc2)nnc1C(C)Oc1ccccc1C. The van der Waals surface area contributed by atoms with Crippen LogP contribution in [0.2, 0.25) is 0 Å². The second-order valence-electron chi connectivity index (χ2n) is 6.45. The molecule has 0 saturated carbocycles. The van der Waals surface area contributed by atoms with Gasteiger partial charge in [-0.3, -0.25) is 4.79 Å². The van der Waals surface area contributed by atoms with Crippen LogP contribution in [0.1, 0.15) is 31.3 Å². The predicted molar refractivity (Wildman–Crippen MR) is 112 cm³/mol. The molecule has 0 aliphatic carbocycles. The minimum absolute atomic E-state index is 0.169. The maximum Gasteiger partial charge on any atom is 0.234 e. The molecule has 0 spiro atoms. The van der Waals surface area contributed by atoms with Crippen molar-refractivity contribution < 1.29 is 13.9 Å². The molecule has 0 aliphatic heterocycles. The summed E-state index contributed by atoms with van der Waals surface area (Å²) < 4.78 is 21.0. The Balaban J connectivity index is 1.63. The summed E-state index contributed by atoms with van der Waals surface area (Å²) in [6, 6.07) is 13.5. The Morgan fingerprint density at radius 2 is 1.93 bits per heavy atom. The molecule has 1 atom stereocenters. The molecule has 1 unspecified atom stereocenters. The molecule has 1 N–H and O–H groups in total. The molecule has 6 nitrogen and oxygen atoms in total. The maximum atomic E-state index is 13.0. The van der Waals surface area contributed by atoms with Crippen molar-refractivity contribution >= 4 is 23.4 Å². The van der Waals surface area contributed by atoms with Crippen molar-refractivity contribution in [2.24, 2.45) is 0 Å².